The Kier molecular flexibility index (Phi) is 8.25. The van der Waals surface area contributed by atoms with Crippen molar-refractivity contribution in [3.05, 3.63) is 90.4 Å². The van der Waals surface area contributed by atoms with Gasteiger partial charge in [0.2, 0.25) is 18.3 Å². The number of hydrogen-bond acceptors (Lipinski definition) is 6. The summed E-state index contributed by atoms with van der Waals surface area (Å²) in [6.07, 6.45) is -0.386. The fourth-order valence-electron chi connectivity index (χ4n) is 5.52. The molecule has 1 aliphatic rings. The zero-order valence-corrected chi connectivity index (χ0v) is 23.8. The fraction of sp³-hybridized carbons (Fsp3) is 0.250. The summed E-state index contributed by atoms with van der Waals surface area (Å²) in [4.78, 5) is 34.0. The van der Waals surface area contributed by atoms with Gasteiger partial charge >= 0.3 is 0 Å². The zero-order valence-electron chi connectivity index (χ0n) is 23.8. The number of aromatic nitrogens is 4. The topological polar surface area (TPSA) is 90.0 Å². The number of fused-ring (bicyclic) bond motifs is 1. The van der Waals surface area contributed by atoms with E-state index >= 15 is 4.39 Å². The molecule has 44 heavy (non-hydrogen) atoms. The molecule has 8 nitrogen and oxygen atoms in total. The van der Waals surface area contributed by atoms with E-state index in [-0.39, 0.29) is 11.4 Å². The van der Waals surface area contributed by atoms with Crippen LogP contribution >= 0.6 is 0 Å². The number of anilines is 2. The summed E-state index contributed by atoms with van der Waals surface area (Å²) in [5, 5.41) is 2.64. The molecule has 0 aliphatic carbocycles. The number of alkyl halides is 2. The molecule has 0 spiro atoms. The molecule has 6 rings (SSSR count). The molecule has 5 heterocycles. The van der Waals surface area contributed by atoms with Crippen molar-refractivity contribution in [3.8, 4) is 22.5 Å². The Morgan fingerprint density at radius 1 is 0.977 bits per heavy atom. The van der Waals surface area contributed by atoms with Gasteiger partial charge < -0.3 is 20.1 Å². The van der Waals surface area contributed by atoms with Crippen LogP contribution in [-0.4, -0.2) is 70.4 Å². The molecule has 0 saturated carbocycles. The summed E-state index contributed by atoms with van der Waals surface area (Å²) in [7, 11) is 2.04. The number of carbonyl (C=O) groups is 1. The average Bonchev–Trinajstić information content (AvgIpc) is 3.40. The van der Waals surface area contributed by atoms with E-state index in [1.165, 1.54) is 24.4 Å². The summed E-state index contributed by atoms with van der Waals surface area (Å²) in [6, 6.07) is 15.0. The summed E-state index contributed by atoms with van der Waals surface area (Å²) in [6.45, 7) is 3.07. The van der Waals surface area contributed by atoms with Crippen LogP contribution in [0.3, 0.4) is 0 Å². The van der Waals surface area contributed by atoms with Crippen molar-refractivity contribution >= 4 is 28.4 Å². The Bertz CT molecular complexity index is 1770. The van der Waals surface area contributed by atoms with Gasteiger partial charge in [0.25, 0.3) is 0 Å². The molecular weight excluding hydrogens is 574 g/mol. The number of benzene rings is 1. The summed E-state index contributed by atoms with van der Waals surface area (Å²) < 4.78 is 55.4. The molecule has 1 aliphatic heterocycles. The largest absolute Gasteiger partial charge is 0.367 e. The third-order valence-electron chi connectivity index (χ3n) is 7.77. The maximum Gasteiger partial charge on any atom is 0.239 e. The minimum Gasteiger partial charge on any atom is -0.367 e. The van der Waals surface area contributed by atoms with E-state index in [1.807, 2.05) is 13.1 Å². The lowest BCUT2D eigenvalue weighted by Crippen LogP contribution is -2.44. The van der Waals surface area contributed by atoms with Gasteiger partial charge in [0.05, 0.1) is 34.1 Å². The van der Waals surface area contributed by atoms with E-state index in [0.29, 0.717) is 52.3 Å². The van der Waals surface area contributed by atoms with Gasteiger partial charge in [-0.3, -0.25) is 9.78 Å². The first-order valence-electron chi connectivity index (χ1n) is 14.1. The van der Waals surface area contributed by atoms with E-state index in [9.17, 15) is 18.0 Å². The first-order valence-corrected chi connectivity index (χ1v) is 14.1. The second-order valence-corrected chi connectivity index (χ2v) is 10.7. The first-order chi connectivity index (χ1) is 21.3. The third kappa shape index (κ3) is 6.11. The minimum absolute atomic E-state index is 0.123. The molecular formula is C32H29F4N7O. The quantitative estimate of drug-likeness (QED) is 0.165. The van der Waals surface area contributed by atoms with E-state index in [1.54, 1.807) is 30.5 Å². The van der Waals surface area contributed by atoms with Crippen molar-refractivity contribution in [2.24, 2.45) is 0 Å². The summed E-state index contributed by atoms with van der Waals surface area (Å²) in [5.74, 6) is -2.96. The normalized spacial score (nSPS) is 14.7. The van der Waals surface area contributed by atoms with Crippen LogP contribution in [0.2, 0.25) is 0 Å². The number of nitrogens with one attached hydrogen (secondary N) is 2. The summed E-state index contributed by atoms with van der Waals surface area (Å²) in [5.41, 5.74) is 4.29. The lowest BCUT2D eigenvalue weighted by atomic mass is 9.95. The molecule has 2 N–H and O–H groups in total. The van der Waals surface area contributed by atoms with Crippen molar-refractivity contribution in [1.82, 2.24) is 24.8 Å². The fourth-order valence-corrected chi connectivity index (χ4v) is 5.52. The average molecular weight is 604 g/mol. The standard InChI is InChI=1S/C32H29F4N7O/c1-42-12-14-43(15-13-42)24-18-26(36)39-31-28(23-4-2-3-10-37-23)29(41-30(24)31)20-9-11-38-27(16-20)40-32(44)22(17-25(34)35)19-5-7-21(33)8-6-19/h2-11,16,18,22,25,41H,12-15,17H2,1H3,(H,38,40,44)/t22-/m1/s1. The molecule has 4 aromatic heterocycles. The Hall–Kier alpha value is -4.84. The predicted molar refractivity (Wildman–Crippen MR) is 161 cm³/mol. The van der Waals surface area contributed by atoms with E-state index in [2.05, 4.69) is 35.1 Å². The second-order valence-electron chi connectivity index (χ2n) is 10.7. The van der Waals surface area contributed by atoms with Gasteiger partial charge in [-0.15, -0.1) is 0 Å². The van der Waals surface area contributed by atoms with Crippen molar-refractivity contribution in [1.29, 1.82) is 0 Å². The van der Waals surface area contributed by atoms with Gasteiger partial charge in [-0.2, -0.15) is 4.39 Å². The maximum atomic E-state index is 15.1. The van der Waals surface area contributed by atoms with Gasteiger partial charge in [-0.05, 0) is 49.0 Å². The van der Waals surface area contributed by atoms with Crippen LogP contribution in [0.25, 0.3) is 33.5 Å². The molecule has 1 atom stereocenters. The second kappa shape index (κ2) is 12.4. The number of halogens is 4. The Labute approximate surface area is 250 Å². The van der Waals surface area contributed by atoms with Gasteiger partial charge in [0.1, 0.15) is 17.2 Å². The van der Waals surface area contributed by atoms with Crippen molar-refractivity contribution in [2.75, 3.05) is 43.4 Å². The minimum atomic E-state index is -2.76. The van der Waals surface area contributed by atoms with Crippen molar-refractivity contribution in [2.45, 2.75) is 18.8 Å². The SMILES string of the molecule is CN1CCN(c2cc(F)nc3c(-c4ccccn4)c(-c4ccnc(NC(=O)[C@H](CC(F)F)c5ccc(F)cc5)c4)[nH]c23)CC1. The lowest BCUT2D eigenvalue weighted by Gasteiger charge is -2.34. The Balaban J connectivity index is 1.41. The highest BCUT2D eigenvalue weighted by molar-refractivity contribution is 6.05. The maximum absolute atomic E-state index is 15.1. The number of H-pyrrole nitrogens is 1. The van der Waals surface area contributed by atoms with Crippen LogP contribution in [0, 0.1) is 11.8 Å². The molecule has 0 unspecified atom stereocenters. The van der Waals surface area contributed by atoms with Crippen LogP contribution in [-0.2, 0) is 4.79 Å². The van der Waals surface area contributed by atoms with Crippen molar-refractivity contribution in [3.63, 3.8) is 0 Å². The number of amides is 1. The van der Waals surface area contributed by atoms with Gasteiger partial charge in [-0.25, -0.2) is 23.1 Å². The number of rotatable bonds is 8. The lowest BCUT2D eigenvalue weighted by molar-refractivity contribution is -0.118. The third-order valence-corrected chi connectivity index (χ3v) is 7.77. The van der Waals surface area contributed by atoms with Crippen LogP contribution in [0.4, 0.5) is 29.1 Å². The monoisotopic (exact) mass is 603 g/mol. The molecule has 0 radical (unpaired) electrons. The zero-order chi connectivity index (χ0) is 30.8. The molecule has 1 saturated heterocycles. The molecule has 1 fully saturated rings. The van der Waals surface area contributed by atoms with Crippen molar-refractivity contribution < 1.29 is 22.4 Å². The molecule has 226 valence electrons. The highest BCUT2D eigenvalue weighted by Crippen LogP contribution is 2.40. The number of aromatic amines is 1. The molecule has 5 aromatic rings. The molecule has 1 amide bonds. The number of hydrogen-bond donors (Lipinski definition) is 2. The van der Waals surface area contributed by atoms with Gasteiger partial charge in [-0.1, -0.05) is 18.2 Å². The number of nitrogens with zero attached hydrogens (tertiary/aromatic N) is 5. The molecule has 1 aromatic carbocycles. The number of piperazine rings is 1. The highest BCUT2D eigenvalue weighted by Gasteiger charge is 2.27. The smallest absolute Gasteiger partial charge is 0.239 e. The number of likely N-dealkylation sites (N-methyl/N-ethyl adjacent to an activating group) is 1. The predicted octanol–water partition coefficient (Wildman–Crippen LogP) is 6.09. The molecule has 0 bridgehead atoms. The van der Waals surface area contributed by atoms with Crippen LogP contribution in [0.15, 0.2) is 73.1 Å². The Morgan fingerprint density at radius 2 is 1.75 bits per heavy atom. The summed E-state index contributed by atoms with van der Waals surface area (Å²) >= 11 is 0. The van der Waals surface area contributed by atoms with Crippen LogP contribution in [0.5, 0.6) is 0 Å². The van der Waals surface area contributed by atoms with E-state index < -0.39 is 36.4 Å². The van der Waals surface area contributed by atoms with Crippen LogP contribution in [0.1, 0.15) is 17.9 Å². The first kappa shape index (κ1) is 29.2. The highest BCUT2D eigenvalue weighted by atomic mass is 19.3. The number of carbonyl (C=O) groups excluding carboxylic acids is 1. The van der Waals surface area contributed by atoms with Crippen LogP contribution < -0.4 is 10.2 Å². The Morgan fingerprint density at radius 3 is 2.45 bits per heavy atom. The van der Waals surface area contributed by atoms with Gasteiger partial charge in [0, 0.05) is 56.6 Å². The van der Waals surface area contributed by atoms with E-state index in [0.717, 1.165) is 25.2 Å². The number of pyridine rings is 3. The van der Waals surface area contributed by atoms with E-state index in [4.69, 9.17) is 0 Å². The molecule has 12 heteroatoms. The van der Waals surface area contributed by atoms with Gasteiger partial charge in [0.15, 0.2) is 0 Å².